The molecule has 2 heterocycles. The Kier molecular flexibility index (Phi) is 4.59. The van der Waals surface area contributed by atoms with E-state index in [1.54, 1.807) is 7.05 Å². The third-order valence-corrected chi connectivity index (χ3v) is 5.27. The van der Waals surface area contributed by atoms with Gasteiger partial charge in [-0.05, 0) is 17.9 Å². The molecular formula is C12H17N3O3S2. The van der Waals surface area contributed by atoms with Gasteiger partial charge in [0.15, 0.2) is 0 Å². The zero-order valence-corrected chi connectivity index (χ0v) is 12.9. The molecule has 0 radical (unpaired) electrons. The summed E-state index contributed by atoms with van der Waals surface area (Å²) in [6.45, 7) is 1.58. The zero-order chi connectivity index (χ0) is 14.8. The molecule has 110 valence electrons. The Labute approximate surface area is 122 Å². The topological polar surface area (TPSA) is 84.2 Å². The Balaban J connectivity index is 2.42. The summed E-state index contributed by atoms with van der Waals surface area (Å²) >= 11 is 1.43. The number of hydrogen-bond acceptors (Lipinski definition) is 5. The van der Waals surface area contributed by atoms with Gasteiger partial charge < -0.3 is 5.11 Å². The first-order chi connectivity index (χ1) is 9.47. The van der Waals surface area contributed by atoms with Crippen LogP contribution in [0.25, 0.3) is 10.6 Å². The average Bonchev–Trinajstić information content (AvgIpc) is 3.04. The summed E-state index contributed by atoms with van der Waals surface area (Å²) in [5, 5.41) is 15.2. The molecule has 0 aliphatic heterocycles. The second-order valence-corrected chi connectivity index (χ2v) is 7.03. The SMILES string of the molecule is CCC(CO)NS(=O)(=O)c1cn(C)nc1-c1cccs1. The van der Waals surface area contributed by atoms with Gasteiger partial charge in [-0.15, -0.1) is 11.3 Å². The van der Waals surface area contributed by atoms with Crippen molar-refractivity contribution in [2.45, 2.75) is 24.3 Å². The van der Waals surface area contributed by atoms with E-state index < -0.39 is 16.1 Å². The van der Waals surface area contributed by atoms with Crippen LogP contribution >= 0.6 is 11.3 Å². The highest BCUT2D eigenvalue weighted by Gasteiger charge is 2.25. The Hall–Kier alpha value is -1.22. The van der Waals surface area contributed by atoms with Crippen LogP contribution < -0.4 is 4.72 Å². The van der Waals surface area contributed by atoms with Gasteiger partial charge in [0.25, 0.3) is 0 Å². The predicted octanol–water partition coefficient (Wildman–Crippen LogP) is 1.20. The molecule has 0 bridgehead atoms. The van der Waals surface area contributed by atoms with Crippen LogP contribution in [0, 0.1) is 0 Å². The molecule has 8 heteroatoms. The van der Waals surface area contributed by atoms with Crippen LogP contribution in [-0.4, -0.2) is 36.0 Å². The van der Waals surface area contributed by atoms with Crippen molar-refractivity contribution in [2.24, 2.45) is 7.05 Å². The van der Waals surface area contributed by atoms with Gasteiger partial charge in [-0.1, -0.05) is 13.0 Å². The van der Waals surface area contributed by atoms with Gasteiger partial charge in [-0.3, -0.25) is 4.68 Å². The fourth-order valence-electron chi connectivity index (χ4n) is 1.78. The van der Waals surface area contributed by atoms with Crippen LogP contribution in [0.5, 0.6) is 0 Å². The lowest BCUT2D eigenvalue weighted by atomic mass is 10.3. The molecule has 2 N–H and O–H groups in total. The molecule has 0 aromatic carbocycles. The Morgan fingerprint density at radius 3 is 2.85 bits per heavy atom. The zero-order valence-electron chi connectivity index (χ0n) is 11.3. The van der Waals surface area contributed by atoms with Gasteiger partial charge in [0.2, 0.25) is 10.0 Å². The Morgan fingerprint density at radius 1 is 1.55 bits per heavy atom. The molecule has 0 saturated carbocycles. The number of aromatic nitrogens is 2. The fraction of sp³-hybridized carbons (Fsp3) is 0.417. The van der Waals surface area contributed by atoms with E-state index in [2.05, 4.69) is 9.82 Å². The number of aliphatic hydroxyl groups excluding tert-OH is 1. The number of nitrogens with one attached hydrogen (secondary N) is 1. The molecule has 2 aromatic rings. The molecular weight excluding hydrogens is 298 g/mol. The fourth-order valence-corrected chi connectivity index (χ4v) is 4.07. The highest BCUT2D eigenvalue weighted by molar-refractivity contribution is 7.89. The quantitative estimate of drug-likeness (QED) is 0.839. The molecule has 1 unspecified atom stereocenters. The van der Waals surface area contributed by atoms with Gasteiger partial charge in [0.05, 0.1) is 11.5 Å². The van der Waals surface area contributed by atoms with Crippen molar-refractivity contribution in [3.63, 3.8) is 0 Å². The van der Waals surface area contributed by atoms with E-state index in [1.807, 2.05) is 24.4 Å². The molecule has 2 aromatic heterocycles. The summed E-state index contributed by atoms with van der Waals surface area (Å²) in [6, 6.07) is 3.19. The van der Waals surface area contributed by atoms with E-state index in [1.165, 1.54) is 22.2 Å². The summed E-state index contributed by atoms with van der Waals surface area (Å²) in [5.41, 5.74) is 0.433. The van der Waals surface area contributed by atoms with Crippen molar-refractivity contribution in [1.82, 2.24) is 14.5 Å². The number of sulfonamides is 1. The third kappa shape index (κ3) is 3.09. The van der Waals surface area contributed by atoms with Crippen molar-refractivity contribution in [1.29, 1.82) is 0 Å². The first kappa shape index (κ1) is 15.2. The molecule has 0 fully saturated rings. The number of thiophene rings is 1. The molecule has 20 heavy (non-hydrogen) atoms. The van der Waals surface area contributed by atoms with Gasteiger partial charge >= 0.3 is 0 Å². The number of rotatable bonds is 6. The van der Waals surface area contributed by atoms with Crippen molar-refractivity contribution >= 4 is 21.4 Å². The maximum atomic E-state index is 12.4. The average molecular weight is 315 g/mol. The minimum atomic E-state index is -3.71. The molecule has 0 aliphatic carbocycles. The predicted molar refractivity (Wildman–Crippen MR) is 78.0 cm³/mol. The van der Waals surface area contributed by atoms with E-state index in [0.29, 0.717) is 12.1 Å². The molecule has 0 aliphatic rings. The molecule has 2 rings (SSSR count). The molecule has 6 nitrogen and oxygen atoms in total. The van der Waals surface area contributed by atoms with Crippen LogP contribution in [0.2, 0.25) is 0 Å². The van der Waals surface area contributed by atoms with Crippen LogP contribution in [0.15, 0.2) is 28.6 Å². The maximum Gasteiger partial charge on any atom is 0.244 e. The van der Waals surface area contributed by atoms with Crippen LogP contribution in [-0.2, 0) is 17.1 Å². The van der Waals surface area contributed by atoms with E-state index in [9.17, 15) is 8.42 Å². The molecule has 0 saturated heterocycles. The van der Waals surface area contributed by atoms with Gasteiger partial charge in [-0.2, -0.15) is 5.10 Å². The van der Waals surface area contributed by atoms with E-state index >= 15 is 0 Å². The molecule has 1 atom stereocenters. The lowest BCUT2D eigenvalue weighted by molar-refractivity contribution is 0.254. The highest BCUT2D eigenvalue weighted by atomic mass is 32.2. The number of hydrogen-bond donors (Lipinski definition) is 2. The van der Waals surface area contributed by atoms with Gasteiger partial charge in [0.1, 0.15) is 10.6 Å². The Bertz CT molecular complexity index is 658. The van der Waals surface area contributed by atoms with Gasteiger partial charge in [0, 0.05) is 19.3 Å². The standard InChI is InChI=1S/C12H17N3O3S2/c1-3-9(8-16)14-20(17,18)11-7-15(2)13-12(11)10-5-4-6-19-10/h4-7,9,14,16H,3,8H2,1-2H3. The third-order valence-electron chi connectivity index (χ3n) is 2.87. The van der Waals surface area contributed by atoms with Crippen LogP contribution in [0.4, 0.5) is 0 Å². The summed E-state index contributed by atoms with van der Waals surface area (Å²) < 4.78 is 28.8. The van der Waals surface area contributed by atoms with Crippen molar-refractivity contribution < 1.29 is 13.5 Å². The second-order valence-electron chi connectivity index (χ2n) is 4.40. The van der Waals surface area contributed by atoms with Crippen molar-refractivity contribution in [3.8, 4) is 10.6 Å². The normalized spacial score (nSPS) is 13.6. The minimum absolute atomic E-state index is 0.134. The second kappa shape index (κ2) is 6.04. The van der Waals surface area contributed by atoms with Crippen molar-refractivity contribution in [2.75, 3.05) is 6.61 Å². The minimum Gasteiger partial charge on any atom is -0.395 e. The summed E-state index contributed by atoms with van der Waals surface area (Å²) in [5.74, 6) is 0. The van der Waals surface area contributed by atoms with Crippen LogP contribution in [0.3, 0.4) is 0 Å². The number of nitrogens with zero attached hydrogens (tertiary/aromatic N) is 2. The summed E-state index contributed by atoms with van der Waals surface area (Å²) in [7, 11) is -2.03. The number of aliphatic hydroxyl groups is 1. The van der Waals surface area contributed by atoms with E-state index in [-0.39, 0.29) is 11.5 Å². The monoisotopic (exact) mass is 315 g/mol. The lowest BCUT2D eigenvalue weighted by Crippen LogP contribution is -2.36. The summed E-state index contributed by atoms with van der Waals surface area (Å²) in [4.78, 5) is 0.928. The largest absolute Gasteiger partial charge is 0.395 e. The summed E-state index contributed by atoms with van der Waals surface area (Å²) in [6.07, 6.45) is 1.99. The van der Waals surface area contributed by atoms with Crippen LogP contribution in [0.1, 0.15) is 13.3 Å². The molecule has 0 spiro atoms. The smallest absolute Gasteiger partial charge is 0.244 e. The number of aryl methyl sites for hydroxylation is 1. The highest BCUT2D eigenvalue weighted by Crippen LogP contribution is 2.29. The van der Waals surface area contributed by atoms with E-state index in [4.69, 9.17) is 5.11 Å². The van der Waals surface area contributed by atoms with Gasteiger partial charge in [-0.25, -0.2) is 13.1 Å². The molecule has 0 amide bonds. The first-order valence-corrected chi connectivity index (χ1v) is 8.55. The maximum absolute atomic E-state index is 12.4. The van der Waals surface area contributed by atoms with Crippen molar-refractivity contribution in [3.05, 3.63) is 23.7 Å². The lowest BCUT2D eigenvalue weighted by Gasteiger charge is -2.13. The van der Waals surface area contributed by atoms with E-state index in [0.717, 1.165) is 4.88 Å². The Morgan fingerprint density at radius 2 is 2.30 bits per heavy atom. The first-order valence-electron chi connectivity index (χ1n) is 6.18.